The van der Waals surface area contributed by atoms with Gasteiger partial charge in [-0.2, -0.15) is 0 Å². The molecule has 312 valence electrons. The maximum Gasteiger partial charge on any atom is 0.180 e. The van der Waals surface area contributed by atoms with E-state index in [1.807, 2.05) is 0 Å². The lowest BCUT2D eigenvalue weighted by Gasteiger charge is -2.31. The van der Waals surface area contributed by atoms with Crippen molar-refractivity contribution in [2.45, 2.75) is 0 Å². The van der Waals surface area contributed by atoms with Crippen LogP contribution in [0.2, 0.25) is 0 Å². The summed E-state index contributed by atoms with van der Waals surface area (Å²) in [6.45, 7) is 0. The largest absolute Gasteiger partial charge is 0.208 e. The number of fused-ring (bicyclic) bond motifs is 6. The quantitative estimate of drug-likeness (QED) is 0.150. The zero-order chi connectivity index (χ0) is 44.3. The number of hydrogen-bond donors (Lipinski definition) is 0. The van der Waals surface area contributed by atoms with Gasteiger partial charge in [0.05, 0.1) is 0 Å². The monoisotopic (exact) mass is 867 g/mol. The molecule has 0 fully saturated rings. The molecule has 0 radical (unpaired) electrons. The number of hydrogen-bond acceptors (Lipinski definition) is 3. The minimum absolute atomic E-state index is 0.633. The highest BCUT2D eigenvalue weighted by Crippen LogP contribution is 2.38. The summed E-state index contributed by atoms with van der Waals surface area (Å²) in [5.74, 6) is 1.93. The molecule has 0 aliphatic carbocycles. The van der Waals surface area contributed by atoms with Crippen LogP contribution in [0.5, 0.6) is 0 Å². The van der Waals surface area contributed by atoms with Crippen LogP contribution in [0.15, 0.2) is 249 Å². The molecular formula is C63H41N3Si. The van der Waals surface area contributed by atoms with Crippen LogP contribution in [0, 0.1) is 0 Å². The molecule has 4 heteroatoms. The summed E-state index contributed by atoms with van der Waals surface area (Å²) < 4.78 is 0. The van der Waals surface area contributed by atoms with Crippen LogP contribution in [0.1, 0.15) is 0 Å². The number of nitrogens with zero attached hydrogens (tertiary/aromatic N) is 3. The summed E-state index contributed by atoms with van der Waals surface area (Å²) >= 11 is 0. The van der Waals surface area contributed by atoms with Crippen molar-refractivity contribution in [3.05, 3.63) is 249 Å². The topological polar surface area (TPSA) is 38.7 Å². The van der Waals surface area contributed by atoms with Crippen LogP contribution in [-0.2, 0) is 0 Å². The molecule has 2 heterocycles. The van der Waals surface area contributed by atoms with Gasteiger partial charge in [-0.15, -0.1) is 0 Å². The Bertz CT molecular complexity index is 3840. The second kappa shape index (κ2) is 15.8. The lowest BCUT2D eigenvalue weighted by atomic mass is 9.94. The first-order chi connectivity index (χ1) is 33.2. The molecule has 13 rings (SSSR count). The van der Waals surface area contributed by atoms with Gasteiger partial charge in [-0.05, 0) is 111 Å². The van der Waals surface area contributed by atoms with E-state index in [2.05, 4.69) is 249 Å². The van der Waals surface area contributed by atoms with Gasteiger partial charge in [-0.3, -0.25) is 0 Å². The van der Waals surface area contributed by atoms with Crippen molar-refractivity contribution in [3.63, 3.8) is 0 Å². The average Bonchev–Trinajstić information content (AvgIpc) is 3.72. The van der Waals surface area contributed by atoms with Gasteiger partial charge in [-0.1, -0.05) is 224 Å². The van der Waals surface area contributed by atoms with E-state index >= 15 is 0 Å². The molecule has 0 saturated heterocycles. The first-order valence-electron chi connectivity index (χ1n) is 22.9. The van der Waals surface area contributed by atoms with E-state index in [1.54, 1.807) is 0 Å². The molecule has 0 bridgehead atoms. The predicted molar refractivity (Wildman–Crippen MR) is 282 cm³/mol. The fourth-order valence-corrected chi connectivity index (χ4v) is 15.9. The molecule has 67 heavy (non-hydrogen) atoms. The highest BCUT2D eigenvalue weighted by atomic mass is 28.3. The van der Waals surface area contributed by atoms with Crippen LogP contribution >= 0.6 is 0 Å². The highest BCUT2D eigenvalue weighted by Gasteiger charge is 2.49. The van der Waals surface area contributed by atoms with Gasteiger partial charge < -0.3 is 0 Å². The zero-order valence-corrected chi connectivity index (χ0v) is 37.5. The van der Waals surface area contributed by atoms with Gasteiger partial charge in [0.1, 0.15) is 0 Å². The van der Waals surface area contributed by atoms with Gasteiger partial charge in [-0.25, -0.2) is 15.0 Å². The van der Waals surface area contributed by atoms with Crippen LogP contribution in [0.3, 0.4) is 0 Å². The first kappa shape index (κ1) is 38.8. The molecule has 12 aromatic rings. The molecule has 0 amide bonds. The molecule has 1 aliphatic heterocycles. The third-order valence-electron chi connectivity index (χ3n) is 13.8. The van der Waals surface area contributed by atoms with Crippen molar-refractivity contribution in [3.8, 4) is 67.5 Å². The lowest BCUT2D eigenvalue weighted by Crippen LogP contribution is -2.72. The summed E-state index contributed by atoms with van der Waals surface area (Å²) in [4.78, 5) is 16.1. The second-order valence-corrected chi connectivity index (χ2v) is 21.2. The van der Waals surface area contributed by atoms with Crippen LogP contribution < -0.4 is 20.7 Å². The molecule has 0 saturated carbocycles. The van der Waals surface area contributed by atoms with E-state index in [0.717, 1.165) is 33.2 Å². The third-order valence-corrected chi connectivity index (χ3v) is 18.6. The third kappa shape index (κ3) is 6.45. The fourth-order valence-electron chi connectivity index (χ4n) is 10.7. The molecule has 3 nitrogen and oxygen atoms in total. The molecule has 1 aliphatic rings. The summed E-state index contributed by atoms with van der Waals surface area (Å²) in [5.41, 5.74) is 10.0. The van der Waals surface area contributed by atoms with Crippen molar-refractivity contribution in [2.24, 2.45) is 0 Å². The Balaban J connectivity index is 0.971. The molecule has 0 N–H and O–H groups in total. The van der Waals surface area contributed by atoms with Crippen molar-refractivity contribution in [1.82, 2.24) is 15.0 Å². The summed E-state index contributed by atoms with van der Waals surface area (Å²) in [5, 5.41) is 12.7. The molecule has 0 unspecified atom stereocenters. The van der Waals surface area contributed by atoms with Crippen LogP contribution in [-0.4, -0.2) is 23.0 Å². The SMILES string of the molecule is c1ccc([Si]2(c3ccccc3)c3ccccc3-c3c(-c4nc(-c5cccc(-c6ccc7cc(-c8cccc9ccccc89)ccc7c6)c5)nc(-c5ccc6ccccc6c5)n4)cccc32)cc1. The van der Waals surface area contributed by atoms with E-state index in [4.69, 9.17) is 15.0 Å². The zero-order valence-electron chi connectivity index (χ0n) is 36.5. The van der Waals surface area contributed by atoms with Crippen molar-refractivity contribution in [1.29, 1.82) is 0 Å². The summed E-state index contributed by atoms with van der Waals surface area (Å²) in [6.07, 6.45) is 0. The number of benzene rings is 11. The lowest BCUT2D eigenvalue weighted by molar-refractivity contribution is 1.08. The Labute approximate surface area is 390 Å². The number of rotatable bonds is 7. The van der Waals surface area contributed by atoms with Gasteiger partial charge in [0.2, 0.25) is 0 Å². The average molecular weight is 868 g/mol. The van der Waals surface area contributed by atoms with Crippen LogP contribution in [0.25, 0.3) is 99.9 Å². The van der Waals surface area contributed by atoms with Crippen molar-refractivity contribution in [2.75, 3.05) is 0 Å². The minimum atomic E-state index is -2.74. The molecule has 11 aromatic carbocycles. The van der Waals surface area contributed by atoms with Gasteiger partial charge in [0, 0.05) is 16.7 Å². The Hall–Kier alpha value is -8.57. The van der Waals surface area contributed by atoms with Crippen LogP contribution in [0.4, 0.5) is 0 Å². The van der Waals surface area contributed by atoms with Gasteiger partial charge in [0.25, 0.3) is 0 Å². The maximum atomic E-state index is 5.44. The van der Waals surface area contributed by atoms with E-state index < -0.39 is 8.07 Å². The highest BCUT2D eigenvalue weighted by molar-refractivity contribution is 7.22. The molecule has 0 spiro atoms. The van der Waals surface area contributed by atoms with E-state index in [0.29, 0.717) is 17.5 Å². The molecule has 1 aromatic heterocycles. The first-order valence-corrected chi connectivity index (χ1v) is 24.9. The molecule has 0 atom stereocenters. The Morgan fingerprint density at radius 2 is 0.716 bits per heavy atom. The summed E-state index contributed by atoms with van der Waals surface area (Å²) in [6, 6.07) is 90.3. The summed E-state index contributed by atoms with van der Waals surface area (Å²) in [7, 11) is -2.74. The van der Waals surface area contributed by atoms with E-state index in [-0.39, 0.29) is 0 Å². The van der Waals surface area contributed by atoms with Crippen molar-refractivity contribution < 1.29 is 0 Å². The minimum Gasteiger partial charge on any atom is -0.208 e. The Kier molecular flexibility index (Phi) is 9.19. The Morgan fingerprint density at radius 3 is 1.51 bits per heavy atom. The van der Waals surface area contributed by atoms with Crippen molar-refractivity contribution >= 4 is 61.1 Å². The second-order valence-electron chi connectivity index (χ2n) is 17.5. The van der Waals surface area contributed by atoms with E-state index in [1.165, 1.54) is 69.9 Å². The maximum absolute atomic E-state index is 5.44. The van der Waals surface area contributed by atoms with Gasteiger partial charge >= 0.3 is 0 Å². The predicted octanol–water partition coefficient (Wildman–Crippen LogP) is 13.0. The van der Waals surface area contributed by atoms with E-state index in [9.17, 15) is 0 Å². The fraction of sp³-hybridized carbons (Fsp3) is 0. The number of aromatic nitrogens is 3. The Morgan fingerprint density at radius 1 is 0.254 bits per heavy atom. The normalized spacial score (nSPS) is 12.6. The standard InChI is InChI=1S/C63H41N3Si/c1-3-22-52(23-4-1)67(53-24-5-2-6-25-53)58-30-12-11-27-56(58)60-57(29-15-31-59(60)67)63-65-61(64-62(66-63)51-37-32-42-16-7-8-18-44(42)40-51)50-21-13-20-45(41-50)46-33-34-48-39-49(36-35-47(48)38-46)55-28-14-19-43-17-9-10-26-54(43)55/h1-41H. The van der Waals surface area contributed by atoms with Gasteiger partial charge in [0.15, 0.2) is 25.5 Å². The smallest absolute Gasteiger partial charge is 0.180 e. The molecular weight excluding hydrogens is 827 g/mol.